The number of nitro benzene ring substituents is 1. The molecule has 8 heteroatoms. The van der Waals surface area contributed by atoms with Crippen LogP contribution in [0.2, 0.25) is 0 Å². The number of pyridine rings is 1. The highest BCUT2D eigenvalue weighted by Gasteiger charge is 2.18. The van der Waals surface area contributed by atoms with Crippen molar-refractivity contribution < 1.29 is 14.5 Å². The number of hydrogen-bond donors (Lipinski definition) is 2. The van der Waals surface area contributed by atoms with E-state index in [1.165, 1.54) is 19.2 Å². The minimum atomic E-state index is -0.513. The van der Waals surface area contributed by atoms with Crippen molar-refractivity contribution in [2.24, 2.45) is 0 Å². The van der Waals surface area contributed by atoms with E-state index >= 15 is 0 Å². The minimum absolute atomic E-state index is 0.0491. The molecule has 2 aromatic rings. The SMILES string of the molecule is COc1ccc(CNc2ccc(C(=O)NC(C)C)cc2[N+](=O)[O-])cn1. The quantitative estimate of drug-likeness (QED) is 0.591. The van der Waals surface area contributed by atoms with Crippen molar-refractivity contribution in [2.45, 2.75) is 26.4 Å². The maximum atomic E-state index is 12.0. The van der Waals surface area contributed by atoms with E-state index in [2.05, 4.69) is 15.6 Å². The third-order valence-electron chi connectivity index (χ3n) is 3.37. The summed E-state index contributed by atoms with van der Waals surface area (Å²) in [6, 6.07) is 7.84. The molecule has 25 heavy (non-hydrogen) atoms. The highest BCUT2D eigenvalue weighted by molar-refractivity contribution is 5.95. The van der Waals surface area contributed by atoms with Gasteiger partial charge in [-0.25, -0.2) is 4.98 Å². The smallest absolute Gasteiger partial charge is 0.293 e. The van der Waals surface area contributed by atoms with Gasteiger partial charge in [-0.15, -0.1) is 0 Å². The van der Waals surface area contributed by atoms with Crippen molar-refractivity contribution in [3.05, 3.63) is 57.8 Å². The number of hydrogen-bond acceptors (Lipinski definition) is 6. The van der Waals surface area contributed by atoms with Gasteiger partial charge in [-0.05, 0) is 31.5 Å². The fraction of sp³-hybridized carbons (Fsp3) is 0.294. The summed E-state index contributed by atoms with van der Waals surface area (Å²) in [5.74, 6) is 0.152. The summed E-state index contributed by atoms with van der Waals surface area (Å²) in [7, 11) is 1.53. The first kappa shape index (κ1) is 18.2. The maximum absolute atomic E-state index is 12.0. The summed E-state index contributed by atoms with van der Waals surface area (Å²) < 4.78 is 4.99. The Morgan fingerprint density at radius 1 is 1.32 bits per heavy atom. The number of benzene rings is 1. The Kier molecular flexibility index (Phi) is 5.89. The highest BCUT2D eigenvalue weighted by atomic mass is 16.6. The molecule has 2 rings (SSSR count). The monoisotopic (exact) mass is 344 g/mol. The van der Waals surface area contributed by atoms with E-state index in [0.29, 0.717) is 18.1 Å². The molecule has 0 fully saturated rings. The van der Waals surface area contributed by atoms with Crippen molar-refractivity contribution in [1.82, 2.24) is 10.3 Å². The molecule has 1 amide bonds. The lowest BCUT2D eigenvalue weighted by molar-refractivity contribution is -0.384. The van der Waals surface area contributed by atoms with Gasteiger partial charge in [0.15, 0.2) is 0 Å². The molecule has 0 saturated carbocycles. The Labute approximate surface area is 145 Å². The lowest BCUT2D eigenvalue weighted by Crippen LogP contribution is -2.30. The van der Waals surface area contributed by atoms with E-state index in [9.17, 15) is 14.9 Å². The maximum Gasteiger partial charge on any atom is 0.293 e. The van der Waals surface area contributed by atoms with Crippen LogP contribution in [-0.2, 0) is 6.54 Å². The number of carbonyl (C=O) groups is 1. The molecule has 0 radical (unpaired) electrons. The van der Waals surface area contributed by atoms with Gasteiger partial charge in [-0.3, -0.25) is 14.9 Å². The fourth-order valence-corrected chi connectivity index (χ4v) is 2.15. The van der Waals surface area contributed by atoms with E-state index in [1.54, 1.807) is 18.3 Å². The summed E-state index contributed by atoms with van der Waals surface area (Å²) in [5, 5.41) is 17.0. The standard InChI is InChI=1S/C17H20N4O4/c1-11(2)20-17(22)13-5-6-14(15(8-13)21(23)24)18-9-12-4-7-16(25-3)19-10-12/h4-8,10-11,18H,9H2,1-3H3,(H,20,22). The number of methoxy groups -OCH3 is 1. The average molecular weight is 344 g/mol. The molecule has 2 N–H and O–H groups in total. The van der Waals surface area contributed by atoms with E-state index < -0.39 is 4.92 Å². The fourth-order valence-electron chi connectivity index (χ4n) is 2.15. The van der Waals surface area contributed by atoms with Gasteiger partial charge in [0, 0.05) is 36.5 Å². The summed E-state index contributed by atoms with van der Waals surface area (Å²) in [6.07, 6.45) is 1.63. The van der Waals surface area contributed by atoms with Crippen molar-refractivity contribution in [1.29, 1.82) is 0 Å². The average Bonchev–Trinajstić information content (AvgIpc) is 2.59. The van der Waals surface area contributed by atoms with E-state index in [4.69, 9.17) is 4.74 Å². The molecule has 0 bridgehead atoms. The van der Waals surface area contributed by atoms with Crippen LogP contribution in [0, 0.1) is 10.1 Å². The molecule has 1 heterocycles. The number of carbonyl (C=O) groups excluding carboxylic acids is 1. The summed E-state index contributed by atoms with van der Waals surface area (Å²) in [6.45, 7) is 4.01. The van der Waals surface area contributed by atoms with Crippen LogP contribution in [0.1, 0.15) is 29.8 Å². The number of rotatable bonds is 7. The molecule has 0 unspecified atom stereocenters. The molecule has 0 saturated heterocycles. The number of nitrogens with one attached hydrogen (secondary N) is 2. The first-order chi connectivity index (χ1) is 11.9. The number of ether oxygens (including phenoxy) is 1. The molecule has 0 atom stereocenters. The molecule has 8 nitrogen and oxygen atoms in total. The second kappa shape index (κ2) is 8.09. The lowest BCUT2D eigenvalue weighted by Gasteiger charge is -2.11. The molecule has 1 aromatic carbocycles. The first-order valence-electron chi connectivity index (χ1n) is 7.72. The van der Waals surface area contributed by atoms with E-state index in [-0.39, 0.29) is 23.2 Å². The second-order valence-electron chi connectivity index (χ2n) is 5.68. The van der Waals surface area contributed by atoms with Crippen LogP contribution in [0.4, 0.5) is 11.4 Å². The van der Waals surface area contributed by atoms with Gasteiger partial charge in [0.25, 0.3) is 11.6 Å². The summed E-state index contributed by atoms with van der Waals surface area (Å²) >= 11 is 0. The normalized spacial score (nSPS) is 10.4. The van der Waals surface area contributed by atoms with Crippen LogP contribution < -0.4 is 15.4 Å². The van der Waals surface area contributed by atoms with Crippen molar-refractivity contribution >= 4 is 17.3 Å². The van der Waals surface area contributed by atoms with Crippen molar-refractivity contribution in [3.63, 3.8) is 0 Å². The van der Waals surface area contributed by atoms with Crippen molar-refractivity contribution in [2.75, 3.05) is 12.4 Å². The summed E-state index contributed by atoms with van der Waals surface area (Å²) in [5.41, 5.74) is 1.27. The van der Waals surface area contributed by atoms with Gasteiger partial charge < -0.3 is 15.4 Å². The van der Waals surface area contributed by atoms with Crippen LogP contribution >= 0.6 is 0 Å². The molecule has 0 aliphatic heterocycles. The number of aromatic nitrogens is 1. The Bertz CT molecular complexity index is 760. The van der Waals surface area contributed by atoms with Gasteiger partial charge >= 0.3 is 0 Å². The molecule has 0 aliphatic rings. The summed E-state index contributed by atoms with van der Waals surface area (Å²) in [4.78, 5) is 26.9. The Morgan fingerprint density at radius 2 is 2.08 bits per heavy atom. The zero-order chi connectivity index (χ0) is 18.4. The number of nitrogens with zero attached hydrogens (tertiary/aromatic N) is 2. The predicted molar refractivity (Wildman–Crippen MR) is 93.8 cm³/mol. The lowest BCUT2D eigenvalue weighted by atomic mass is 10.1. The molecule has 132 valence electrons. The number of nitro groups is 1. The first-order valence-corrected chi connectivity index (χ1v) is 7.72. The third-order valence-corrected chi connectivity index (χ3v) is 3.37. The molecular formula is C17H20N4O4. The number of anilines is 1. The third kappa shape index (κ3) is 4.90. The van der Waals surface area contributed by atoms with Gasteiger partial charge in [-0.1, -0.05) is 6.07 Å². The Morgan fingerprint density at radius 3 is 2.64 bits per heavy atom. The van der Waals surface area contributed by atoms with Crippen LogP contribution in [0.15, 0.2) is 36.5 Å². The number of amides is 1. The van der Waals surface area contributed by atoms with Gasteiger partial charge in [0.2, 0.25) is 5.88 Å². The van der Waals surface area contributed by atoms with Gasteiger partial charge in [0.05, 0.1) is 12.0 Å². The van der Waals surface area contributed by atoms with E-state index in [1.807, 2.05) is 19.9 Å². The second-order valence-corrected chi connectivity index (χ2v) is 5.68. The zero-order valence-corrected chi connectivity index (χ0v) is 14.3. The highest BCUT2D eigenvalue weighted by Crippen LogP contribution is 2.26. The van der Waals surface area contributed by atoms with Crippen molar-refractivity contribution in [3.8, 4) is 5.88 Å². The van der Waals surface area contributed by atoms with Crippen LogP contribution in [0.25, 0.3) is 0 Å². The molecular weight excluding hydrogens is 324 g/mol. The zero-order valence-electron chi connectivity index (χ0n) is 14.3. The Balaban J connectivity index is 2.16. The van der Waals surface area contributed by atoms with Crippen LogP contribution in [-0.4, -0.2) is 29.0 Å². The molecule has 0 spiro atoms. The Hall–Kier alpha value is -3.16. The van der Waals surface area contributed by atoms with Gasteiger partial charge in [-0.2, -0.15) is 0 Å². The molecule has 1 aromatic heterocycles. The van der Waals surface area contributed by atoms with Crippen LogP contribution in [0.5, 0.6) is 5.88 Å². The molecule has 0 aliphatic carbocycles. The van der Waals surface area contributed by atoms with Gasteiger partial charge in [0.1, 0.15) is 5.69 Å². The predicted octanol–water partition coefficient (Wildman–Crippen LogP) is 2.75. The largest absolute Gasteiger partial charge is 0.481 e. The van der Waals surface area contributed by atoms with Crippen LogP contribution in [0.3, 0.4) is 0 Å². The van der Waals surface area contributed by atoms with E-state index in [0.717, 1.165) is 5.56 Å². The topological polar surface area (TPSA) is 106 Å². The minimum Gasteiger partial charge on any atom is -0.481 e.